The van der Waals surface area contributed by atoms with Gasteiger partial charge in [0, 0.05) is 12.1 Å². The van der Waals surface area contributed by atoms with E-state index in [2.05, 4.69) is 5.32 Å². The Kier molecular flexibility index (Phi) is 8.88. The van der Waals surface area contributed by atoms with E-state index in [0.717, 1.165) is 31.5 Å². The summed E-state index contributed by atoms with van der Waals surface area (Å²) in [5.74, 6) is -1.09. The van der Waals surface area contributed by atoms with Gasteiger partial charge in [-0.2, -0.15) is 17.5 Å². The van der Waals surface area contributed by atoms with Crippen molar-refractivity contribution in [2.45, 2.75) is 37.2 Å². The normalized spacial score (nSPS) is 15.6. The summed E-state index contributed by atoms with van der Waals surface area (Å²) in [5.41, 5.74) is 1.08. The second-order valence-corrected chi connectivity index (χ2v) is 9.47. The largest absolute Gasteiger partial charge is 0.402 e. The molecule has 172 valence electrons. The number of alkyl halides is 3. The van der Waals surface area contributed by atoms with Crippen LogP contribution in [0.1, 0.15) is 35.4 Å². The number of piperidine rings is 1. The van der Waals surface area contributed by atoms with E-state index in [9.17, 15) is 26.0 Å². The van der Waals surface area contributed by atoms with Gasteiger partial charge in [-0.15, -0.1) is 12.4 Å². The van der Waals surface area contributed by atoms with Crippen molar-refractivity contribution in [2.24, 2.45) is 0 Å². The molecule has 1 N–H and O–H groups in total. The smallest absolute Gasteiger partial charge is 0.317 e. The summed E-state index contributed by atoms with van der Waals surface area (Å²) in [6.45, 7) is -0.694. The zero-order valence-corrected chi connectivity index (χ0v) is 18.4. The quantitative estimate of drug-likeness (QED) is 0.589. The number of hydrogen-bond acceptors (Lipinski definition) is 3. The monoisotopic (exact) mass is 480 g/mol. The lowest BCUT2D eigenvalue weighted by atomic mass is 9.89. The number of rotatable bonds is 7. The molecule has 0 radical (unpaired) electrons. The average Bonchev–Trinajstić information content (AvgIpc) is 2.69. The molecule has 10 heteroatoms. The molecule has 31 heavy (non-hydrogen) atoms. The van der Waals surface area contributed by atoms with Gasteiger partial charge in [-0.3, -0.25) is 0 Å². The molecule has 0 unspecified atom stereocenters. The van der Waals surface area contributed by atoms with Gasteiger partial charge in [0.15, 0.2) is 0 Å². The van der Waals surface area contributed by atoms with E-state index in [1.807, 2.05) is 0 Å². The molecule has 2 aromatic rings. The number of hydrogen-bond donors (Lipinski definition) is 1. The van der Waals surface area contributed by atoms with E-state index in [0.29, 0.717) is 9.87 Å². The number of nitrogens with zero attached hydrogens (tertiary/aromatic N) is 1. The summed E-state index contributed by atoms with van der Waals surface area (Å²) in [7, 11) is -4.32. The summed E-state index contributed by atoms with van der Waals surface area (Å²) in [6.07, 6.45) is -3.04. The molecule has 4 nitrogen and oxygen atoms in total. The van der Waals surface area contributed by atoms with Gasteiger partial charge in [-0.05, 0) is 49.0 Å². The van der Waals surface area contributed by atoms with Gasteiger partial charge < -0.3 is 5.32 Å². The van der Waals surface area contributed by atoms with E-state index in [1.165, 1.54) is 24.3 Å². The van der Waals surface area contributed by atoms with Crippen molar-refractivity contribution >= 4 is 22.4 Å². The van der Waals surface area contributed by atoms with Crippen LogP contribution in [0, 0.1) is 5.82 Å². The van der Waals surface area contributed by atoms with Crippen molar-refractivity contribution < 1.29 is 26.0 Å². The predicted octanol–water partition coefficient (Wildman–Crippen LogP) is 4.61. The van der Waals surface area contributed by atoms with Crippen LogP contribution in [0.25, 0.3) is 0 Å². The van der Waals surface area contributed by atoms with Crippen molar-refractivity contribution in [1.82, 2.24) is 9.62 Å². The van der Waals surface area contributed by atoms with Crippen LogP contribution in [0.4, 0.5) is 17.6 Å². The lowest BCUT2D eigenvalue weighted by Crippen LogP contribution is -2.39. The van der Waals surface area contributed by atoms with Gasteiger partial charge in [-0.25, -0.2) is 12.8 Å². The molecule has 0 spiro atoms. The van der Waals surface area contributed by atoms with E-state index >= 15 is 0 Å². The zero-order chi connectivity index (χ0) is 21.8. The molecule has 1 heterocycles. The minimum atomic E-state index is -4.74. The van der Waals surface area contributed by atoms with Crippen LogP contribution < -0.4 is 5.32 Å². The van der Waals surface area contributed by atoms with Crippen molar-refractivity contribution in [3.05, 3.63) is 71.0 Å². The molecule has 0 saturated carbocycles. The Balaban J connectivity index is 0.00000341. The predicted molar refractivity (Wildman–Crippen MR) is 114 cm³/mol. The molecule has 1 saturated heterocycles. The van der Waals surface area contributed by atoms with Crippen molar-refractivity contribution in [3.8, 4) is 0 Å². The fourth-order valence-electron chi connectivity index (χ4n) is 3.62. The van der Waals surface area contributed by atoms with Crippen molar-refractivity contribution in [3.63, 3.8) is 0 Å². The molecule has 0 aromatic heterocycles. The average molecular weight is 481 g/mol. The van der Waals surface area contributed by atoms with Gasteiger partial charge >= 0.3 is 6.18 Å². The first-order chi connectivity index (χ1) is 14.1. The van der Waals surface area contributed by atoms with Crippen LogP contribution in [0.3, 0.4) is 0 Å². The second-order valence-electron chi connectivity index (χ2n) is 7.50. The van der Waals surface area contributed by atoms with E-state index in [4.69, 9.17) is 0 Å². The van der Waals surface area contributed by atoms with Crippen LogP contribution in [0.15, 0.2) is 48.5 Å². The van der Waals surface area contributed by atoms with E-state index in [-0.39, 0.29) is 23.9 Å². The highest BCUT2D eigenvalue weighted by atomic mass is 35.5. The van der Waals surface area contributed by atoms with Crippen molar-refractivity contribution in [1.29, 1.82) is 0 Å². The summed E-state index contributed by atoms with van der Waals surface area (Å²) >= 11 is 0. The van der Waals surface area contributed by atoms with Gasteiger partial charge in [0.1, 0.15) is 12.4 Å². The van der Waals surface area contributed by atoms with Crippen LogP contribution in [0.2, 0.25) is 0 Å². The van der Waals surface area contributed by atoms with Crippen LogP contribution in [-0.4, -0.2) is 38.5 Å². The fourth-order valence-corrected chi connectivity index (χ4v) is 5.09. The van der Waals surface area contributed by atoms with Crippen molar-refractivity contribution in [2.75, 3.05) is 19.6 Å². The topological polar surface area (TPSA) is 49.4 Å². The molecule has 3 rings (SSSR count). The minimum absolute atomic E-state index is 0. The highest BCUT2D eigenvalue weighted by molar-refractivity contribution is 7.88. The summed E-state index contributed by atoms with van der Waals surface area (Å²) < 4.78 is 79.6. The molecule has 2 aromatic carbocycles. The molecule has 1 fully saturated rings. The maximum absolute atomic E-state index is 14.7. The van der Waals surface area contributed by atoms with Gasteiger partial charge in [0.25, 0.3) is 0 Å². The molecule has 0 amide bonds. The number of benzene rings is 2. The van der Waals surface area contributed by atoms with Crippen LogP contribution in [0.5, 0.6) is 0 Å². The highest BCUT2D eigenvalue weighted by Crippen LogP contribution is 2.28. The minimum Gasteiger partial charge on any atom is -0.317 e. The molecule has 0 aliphatic carbocycles. The third kappa shape index (κ3) is 7.45. The third-order valence-electron chi connectivity index (χ3n) is 5.18. The first-order valence-corrected chi connectivity index (χ1v) is 11.3. The van der Waals surface area contributed by atoms with Crippen LogP contribution >= 0.6 is 12.4 Å². The molecule has 0 bridgehead atoms. The van der Waals surface area contributed by atoms with Crippen LogP contribution in [-0.2, 0) is 22.3 Å². The Labute approximate surface area is 186 Å². The Hall–Kier alpha value is -1.68. The number of halogens is 5. The number of sulfonamides is 1. The Morgan fingerprint density at radius 2 is 1.68 bits per heavy atom. The Bertz CT molecular complexity index is 950. The number of nitrogens with one attached hydrogen (secondary N) is 1. The van der Waals surface area contributed by atoms with Gasteiger partial charge in [0.05, 0.1) is 5.75 Å². The first kappa shape index (κ1) is 25.6. The van der Waals surface area contributed by atoms with E-state index in [1.54, 1.807) is 24.3 Å². The third-order valence-corrected chi connectivity index (χ3v) is 6.92. The Morgan fingerprint density at radius 3 is 2.26 bits per heavy atom. The fraction of sp³-hybridized carbons (Fsp3) is 0.429. The lowest BCUT2D eigenvalue weighted by Gasteiger charge is -2.25. The summed E-state index contributed by atoms with van der Waals surface area (Å²) in [5, 5.41) is 3.22. The molecular weight excluding hydrogens is 456 g/mol. The van der Waals surface area contributed by atoms with Gasteiger partial charge in [0.2, 0.25) is 10.0 Å². The molecule has 0 atom stereocenters. The highest BCUT2D eigenvalue weighted by Gasteiger charge is 2.36. The van der Waals surface area contributed by atoms with E-state index < -0.39 is 40.9 Å². The SMILES string of the molecule is Cl.O=S(=O)(Cc1ccccc1)N(Cc1ccc(C2CCNCC2)cc1F)CC(F)(F)F. The first-order valence-electron chi connectivity index (χ1n) is 9.71. The summed E-state index contributed by atoms with van der Waals surface area (Å²) in [4.78, 5) is 0. The zero-order valence-electron chi connectivity index (χ0n) is 16.7. The summed E-state index contributed by atoms with van der Waals surface area (Å²) in [6, 6.07) is 12.4. The molecular formula is C21H25ClF4N2O2S. The molecule has 1 aliphatic rings. The van der Waals surface area contributed by atoms with Gasteiger partial charge in [-0.1, -0.05) is 42.5 Å². The maximum Gasteiger partial charge on any atom is 0.402 e. The standard InChI is InChI=1S/C21H24F4N2O2S.ClH/c22-20-12-18(17-8-10-26-11-9-17)6-7-19(20)13-27(15-21(23,24)25)30(28,29)14-16-4-2-1-3-5-16;/h1-7,12,17,26H,8-11,13-15H2;1H. The molecule has 1 aliphatic heterocycles. The second kappa shape index (κ2) is 10.8. The Morgan fingerprint density at radius 1 is 1.03 bits per heavy atom. The lowest BCUT2D eigenvalue weighted by molar-refractivity contribution is -0.137. The maximum atomic E-state index is 14.7.